The molecule has 0 aliphatic heterocycles. The molecule has 0 spiro atoms. The SMILES string of the molecule is Cc1ccc(C(O)CC(C)N)cc1C. The number of benzene rings is 1. The number of hydrogen-bond acceptors (Lipinski definition) is 2. The average molecular weight is 193 g/mol. The molecule has 2 heteroatoms. The van der Waals surface area contributed by atoms with Gasteiger partial charge in [-0.25, -0.2) is 0 Å². The van der Waals surface area contributed by atoms with Crippen LogP contribution in [-0.2, 0) is 0 Å². The van der Waals surface area contributed by atoms with Gasteiger partial charge in [0, 0.05) is 6.04 Å². The first kappa shape index (κ1) is 11.2. The zero-order valence-corrected chi connectivity index (χ0v) is 9.12. The van der Waals surface area contributed by atoms with Crippen molar-refractivity contribution in [2.75, 3.05) is 0 Å². The van der Waals surface area contributed by atoms with E-state index >= 15 is 0 Å². The molecule has 2 atom stereocenters. The molecule has 0 saturated carbocycles. The normalized spacial score (nSPS) is 15.2. The van der Waals surface area contributed by atoms with Crippen LogP contribution in [0.4, 0.5) is 0 Å². The van der Waals surface area contributed by atoms with E-state index in [4.69, 9.17) is 5.73 Å². The van der Waals surface area contributed by atoms with Gasteiger partial charge in [0.15, 0.2) is 0 Å². The van der Waals surface area contributed by atoms with Crippen molar-refractivity contribution in [3.63, 3.8) is 0 Å². The van der Waals surface area contributed by atoms with Gasteiger partial charge in [0.2, 0.25) is 0 Å². The van der Waals surface area contributed by atoms with Gasteiger partial charge < -0.3 is 10.8 Å². The Kier molecular flexibility index (Phi) is 3.67. The van der Waals surface area contributed by atoms with Crippen molar-refractivity contribution >= 4 is 0 Å². The van der Waals surface area contributed by atoms with Gasteiger partial charge in [-0.05, 0) is 43.9 Å². The summed E-state index contributed by atoms with van der Waals surface area (Å²) in [5, 5.41) is 9.83. The highest BCUT2D eigenvalue weighted by Gasteiger charge is 2.10. The predicted octanol–water partition coefficient (Wildman–Crippen LogP) is 2.07. The van der Waals surface area contributed by atoms with Crippen molar-refractivity contribution < 1.29 is 5.11 Å². The third kappa shape index (κ3) is 2.82. The van der Waals surface area contributed by atoms with E-state index in [0.717, 1.165) is 5.56 Å². The molecule has 1 aromatic carbocycles. The lowest BCUT2D eigenvalue weighted by Crippen LogP contribution is -2.18. The fourth-order valence-electron chi connectivity index (χ4n) is 1.46. The number of aliphatic hydroxyl groups is 1. The van der Waals surface area contributed by atoms with Crippen LogP contribution in [-0.4, -0.2) is 11.1 Å². The van der Waals surface area contributed by atoms with Crippen molar-refractivity contribution in [2.24, 2.45) is 5.73 Å². The minimum absolute atomic E-state index is 0.0339. The molecule has 78 valence electrons. The largest absolute Gasteiger partial charge is 0.388 e. The van der Waals surface area contributed by atoms with E-state index in [1.165, 1.54) is 11.1 Å². The molecular formula is C12H19NO. The minimum atomic E-state index is -0.436. The van der Waals surface area contributed by atoms with Gasteiger partial charge in [-0.1, -0.05) is 18.2 Å². The summed E-state index contributed by atoms with van der Waals surface area (Å²) in [4.78, 5) is 0. The van der Waals surface area contributed by atoms with E-state index in [1.807, 2.05) is 25.1 Å². The van der Waals surface area contributed by atoms with Crippen LogP contribution >= 0.6 is 0 Å². The maximum absolute atomic E-state index is 9.83. The van der Waals surface area contributed by atoms with E-state index in [0.29, 0.717) is 6.42 Å². The molecule has 0 amide bonds. The molecule has 0 bridgehead atoms. The van der Waals surface area contributed by atoms with Crippen LogP contribution in [0.25, 0.3) is 0 Å². The quantitative estimate of drug-likeness (QED) is 0.772. The second-order valence-electron chi connectivity index (χ2n) is 4.07. The molecule has 0 saturated heterocycles. The van der Waals surface area contributed by atoms with E-state index in [-0.39, 0.29) is 6.04 Å². The molecule has 1 rings (SSSR count). The van der Waals surface area contributed by atoms with E-state index in [1.54, 1.807) is 0 Å². The van der Waals surface area contributed by atoms with Gasteiger partial charge in [0.1, 0.15) is 0 Å². The third-order valence-electron chi connectivity index (χ3n) is 2.51. The molecule has 14 heavy (non-hydrogen) atoms. The highest BCUT2D eigenvalue weighted by Crippen LogP contribution is 2.20. The van der Waals surface area contributed by atoms with Gasteiger partial charge in [-0.2, -0.15) is 0 Å². The second kappa shape index (κ2) is 4.58. The van der Waals surface area contributed by atoms with Crippen molar-refractivity contribution in [1.29, 1.82) is 0 Å². The molecule has 2 nitrogen and oxygen atoms in total. The molecule has 2 unspecified atom stereocenters. The lowest BCUT2D eigenvalue weighted by molar-refractivity contribution is 0.160. The Morgan fingerprint density at radius 2 is 1.93 bits per heavy atom. The first-order chi connectivity index (χ1) is 6.50. The topological polar surface area (TPSA) is 46.2 Å². The van der Waals surface area contributed by atoms with Crippen LogP contribution in [0.1, 0.15) is 36.1 Å². The fraction of sp³-hybridized carbons (Fsp3) is 0.500. The van der Waals surface area contributed by atoms with Gasteiger partial charge >= 0.3 is 0 Å². The van der Waals surface area contributed by atoms with Crippen molar-refractivity contribution in [2.45, 2.75) is 39.3 Å². The van der Waals surface area contributed by atoms with Gasteiger partial charge in [0.25, 0.3) is 0 Å². The van der Waals surface area contributed by atoms with E-state index in [9.17, 15) is 5.11 Å². The summed E-state index contributed by atoms with van der Waals surface area (Å²) in [5.41, 5.74) is 9.07. The van der Waals surface area contributed by atoms with E-state index < -0.39 is 6.10 Å². The zero-order chi connectivity index (χ0) is 10.7. The predicted molar refractivity (Wildman–Crippen MR) is 59.1 cm³/mol. The van der Waals surface area contributed by atoms with E-state index in [2.05, 4.69) is 13.8 Å². The first-order valence-corrected chi connectivity index (χ1v) is 5.01. The summed E-state index contributed by atoms with van der Waals surface area (Å²) in [6, 6.07) is 6.07. The highest BCUT2D eigenvalue weighted by atomic mass is 16.3. The lowest BCUT2D eigenvalue weighted by atomic mass is 9.99. The Morgan fingerprint density at radius 1 is 1.29 bits per heavy atom. The molecular weight excluding hydrogens is 174 g/mol. The Balaban J connectivity index is 2.80. The lowest BCUT2D eigenvalue weighted by Gasteiger charge is -2.14. The summed E-state index contributed by atoms with van der Waals surface area (Å²) in [6.45, 7) is 6.03. The maximum atomic E-state index is 9.83. The maximum Gasteiger partial charge on any atom is 0.0804 e. The summed E-state index contributed by atoms with van der Waals surface area (Å²) in [6.07, 6.45) is 0.178. The van der Waals surface area contributed by atoms with Crippen LogP contribution in [0.5, 0.6) is 0 Å². The zero-order valence-electron chi connectivity index (χ0n) is 9.12. The molecule has 3 N–H and O–H groups in total. The minimum Gasteiger partial charge on any atom is -0.388 e. The van der Waals surface area contributed by atoms with Crippen LogP contribution < -0.4 is 5.73 Å². The van der Waals surface area contributed by atoms with Gasteiger partial charge in [0.05, 0.1) is 6.10 Å². The molecule has 0 aliphatic rings. The fourth-order valence-corrected chi connectivity index (χ4v) is 1.46. The smallest absolute Gasteiger partial charge is 0.0804 e. The average Bonchev–Trinajstić information content (AvgIpc) is 2.08. The monoisotopic (exact) mass is 193 g/mol. The molecule has 1 aromatic rings. The number of rotatable bonds is 3. The number of aryl methyl sites for hydroxylation is 2. The molecule has 0 radical (unpaired) electrons. The molecule has 0 aromatic heterocycles. The van der Waals surface area contributed by atoms with Crippen LogP contribution in [0.3, 0.4) is 0 Å². The second-order valence-corrected chi connectivity index (χ2v) is 4.07. The van der Waals surface area contributed by atoms with Gasteiger partial charge in [-0.3, -0.25) is 0 Å². The molecule has 0 fully saturated rings. The van der Waals surface area contributed by atoms with Crippen molar-refractivity contribution in [3.8, 4) is 0 Å². The standard InChI is InChI=1S/C12H19NO/c1-8-4-5-11(6-9(8)2)12(14)7-10(3)13/h4-6,10,12,14H,7,13H2,1-3H3. The Bertz CT molecular complexity index is 307. The van der Waals surface area contributed by atoms with Crippen molar-refractivity contribution in [3.05, 3.63) is 34.9 Å². The van der Waals surface area contributed by atoms with Crippen LogP contribution in [0.15, 0.2) is 18.2 Å². The molecule has 0 aliphatic carbocycles. The third-order valence-corrected chi connectivity index (χ3v) is 2.51. The summed E-state index contributed by atoms with van der Waals surface area (Å²) in [5.74, 6) is 0. The Labute approximate surface area is 85.8 Å². The summed E-state index contributed by atoms with van der Waals surface area (Å²) in [7, 11) is 0. The number of aliphatic hydroxyl groups excluding tert-OH is 1. The van der Waals surface area contributed by atoms with Crippen LogP contribution in [0.2, 0.25) is 0 Å². The first-order valence-electron chi connectivity index (χ1n) is 5.01. The Morgan fingerprint density at radius 3 is 2.43 bits per heavy atom. The summed E-state index contributed by atoms with van der Waals surface area (Å²) >= 11 is 0. The van der Waals surface area contributed by atoms with Gasteiger partial charge in [-0.15, -0.1) is 0 Å². The molecule has 0 heterocycles. The summed E-state index contributed by atoms with van der Waals surface area (Å²) < 4.78 is 0. The van der Waals surface area contributed by atoms with Crippen LogP contribution in [0, 0.1) is 13.8 Å². The Hall–Kier alpha value is -0.860. The number of hydrogen-bond donors (Lipinski definition) is 2. The van der Waals surface area contributed by atoms with Crippen molar-refractivity contribution in [1.82, 2.24) is 0 Å². The number of nitrogens with two attached hydrogens (primary N) is 1. The highest BCUT2D eigenvalue weighted by molar-refractivity contribution is 5.31.